The third-order valence-corrected chi connectivity index (χ3v) is 3.84. The Morgan fingerprint density at radius 1 is 1.05 bits per heavy atom. The molecule has 0 amide bonds. The van der Waals surface area contributed by atoms with Crippen LogP contribution in [0.1, 0.15) is 17.5 Å². The van der Waals surface area contributed by atoms with Gasteiger partial charge in [-0.15, -0.1) is 6.58 Å². The number of rotatable bonds is 4. The maximum Gasteiger partial charge on any atom is 0.322 e. The number of ether oxygens (including phenoxy) is 1. The molecule has 2 nitrogen and oxygen atoms in total. The molecule has 0 saturated carbocycles. The summed E-state index contributed by atoms with van der Waals surface area (Å²) >= 11 is 0. The zero-order chi connectivity index (χ0) is 14.0. The summed E-state index contributed by atoms with van der Waals surface area (Å²) in [4.78, 5) is 12.5. The van der Waals surface area contributed by atoms with Gasteiger partial charge < -0.3 is 4.74 Å². The lowest BCUT2D eigenvalue weighted by Crippen LogP contribution is -2.35. The number of esters is 1. The molecular formula is C18H16O2. The molecule has 0 aromatic heterocycles. The van der Waals surface area contributed by atoms with Gasteiger partial charge in [-0.25, -0.2) is 0 Å². The van der Waals surface area contributed by atoms with E-state index in [-0.39, 0.29) is 5.97 Å². The molecule has 100 valence electrons. The second-order valence-electron chi connectivity index (χ2n) is 5.12. The molecule has 1 atom stereocenters. The highest BCUT2D eigenvalue weighted by Gasteiger charge is 2.47. The molecule has 2 heteroatoms. The van der Waals surface area contributed by atoms with E-state index in [9.17, 15) is 4.79 Å². The molecule has 3 rings (SSSR count). The molecule has 0 saturated heterocycles. The molecule has 2 aromatic carbocycles. The zero-order valence-corrected chi connectivity index (χ0v) is 11.2. The first-order chi connectivity index (χ1) is 9.76. The number of para-hydroxylation sites is 1. The second kappa shape index (κ2) is 4.97. The van der Waals surface area contributed by atoms with Crippen molar-refractivity contribution in [2.45, 2.75) is 18.3 Å². The first kappa shape index (κ1) is 12.7. The van der Waals surface area contributed by atoms with Crippen molar-refractivity contribution >= 4 is 5.97 Å². The average Bonchev–Trinajstić information content (AvgIpc) is 2.74. The smallest absolute Gasteiger partial charge is 0.322 e. The molecule has 2 aromatic rings. The van der Waals surface area contributed by atoms with Crippen molar-refractivity contribution in [3.05, 3.63) is 78.4 Å². The van der Waals surface area contributed by atoms with Crippen LogP contribution in [0.4, 0.5) is 0 Å². The van der Waals surface area contributed by atoms with E-state index in [2.05, 4.69) is 6.58 Å². The van der Waals surface area contributed by atoms with E-state index in [1.807, 2.05) is 54.6 Å². The molecule has 0 fully saturated rings. The maximum atomic E-state index is 12.5. The summed E-state index contributed by atoms with van der Waals surface area (Å²) in [6, 6.07) is 17.7. The molecular weight excluding hydrogens is 248 g/mol. The molecule has 1 heterocycles. The van der Waals surface area contributed by atoms with E-state index in [1.54, 1.807) is 6.08 Å². The summed E-state index contributed by atoms with van der Waals surface area (Å²) in [6.07, 6.45) is 3.01. The van der Waals surface area contributed by atoms with Gasteiger partial charge in [0, 0.05) is 5.56 Å². The highest BCUT2D eigenvalue weighted by molar-refractivity contribution is 5.91. The van der Waals surface area contributed by atoms with Crippen molar-refractivity contribution in [1.82, 2.24) is 0 Å². The molecule has 1 aliphatic rings. The second-order valence-corrected chi connectivity index (χ2v) is 5.12. The fraction of sp³-hybridized carbons (Fsp3) is 0.167. The van der Waals surface area contributed by atoms with Crippen LogP contribution in [0.5, 0.6) is 5.75 Å². The molecule has 0 radical (unpaired) electrons. The minimum Gasteiger partial charge on any atom is -0.426 e. The maximum absolute atomic E-state index is 12.5. The monoisotopic (exact) mass is 264 g/mol. The number of fused-ring (bicyclic) bond motifs is 1. The van der Waals surface area contributed by atoms with Crippen LogP contribution in [0.2, 0.25) is 0 Å². The van der Waals surface area contributed by atoms with Gasteiger partial charge in [0.1, 0.15) is 11.2 Å². The Hall–Kier alpha value is -2.35. The van der Waals surface area contributed by atoms with E-state index in [0.29, 0.717) is 18.6 Å². The van der Waals surface area contributed by atoms with Crippen molar-refractivity contribution < 1.29 is 9.53 Å². The zero-order valence-electron chi connectivity index (χ0n) is 11.2. The minimum atomic E-state index is -0.639. The van der Waals surface area contributed by atoms with Crippen molar-refractivity contribution in [1.29, 1.82) is 0 Å². The Morgan fingerprint density at radius 2 is 1.75 bits per heavy atom. The van der Waals surface area contributed by atoms with Crippen molar-refractivity contribution in [3.63, 3.8) is 0 Å². The van der Waals surface area contributed by atoms with Gasteiger partial charge in [-0.05, 0) is 24.5 Å². The van der Waals surface area contributed by atoms with Crippen LogP contribution in [-0.4, -0.2) is 5.97 Å². The van der Waals surface area contributed by atoms with E-state index in [0.717, 1.165) is 11.1 Å². The van der Waals surface area contributed by atoms with Crippen molar-refractivity contribution in [2.75, 3.05) is 0 Å². The Balaban J connectivity index is 2.08. The third kappa shape index (κ3) is 1.94. The van der Waals surface area contributed by atoms with Crippen LogP contribution in [-0.2, 0) is 16.6 Å². The molecule has 0 bridgehead atoms. The average molecular weight is 264 g/mol. The van der Waals surface area contributed by atoms with Gasteiger partial charge in [0.25, 0.3) is 0 Å². The number of carbonyl (C=O) groups is 1. The van der Waals surface area contributed by atoms with Crippen LogP contribution >= 0.6 is 0 Å². The Morgan fingerprint density at radius 3 is 2.50 bits per heavy atom. The van der Waals surface area contributed by atoms with Crippen molar-refractivity contribution in [2.24, 2.45) is 0 Å². The van der Waals surface area contributed by atoms with Crippen LogP contribution in [0.25, 0.3) is 0 Å². The number of benzene rings is 2. The van der Waals surface area contributed by atoms with Gasteiger partial charge >= 0.3 is 5.97 Å². The predicted molar refractivity (Wildman–Crippen MR) is 78.7 cm³/mol. The van der Waals surface area contributed by atoms with Gasteiger partial charge in [0.05, 0.1) is 0 Å². The Bertz CT molecular complexity index is 645. The molecule has 0 aliphatic carbocycles. The van der Waals surface area contributed by atoms with E-state index >= 15 is 0 Å². The molecule has 20 heavy (non-hydrogen) atoms. The summed E-state index contributed by atoms with van der Waals surface area (Å²) in [5.41, 5.74) is 1.46. The highest BCUT2D eigenvalue weighted by atomic mass is 16.5. The number of allylic oxidation sites excluding steroid dienone is 1. The minimum absolute atomic E-state index is 0.178. The van der Waals surface area contributed by atoms with Crippen LogP contribution in [0.15, 0.2) is 67.3 Å². The van der Waals surface area contributed by atoms with Crippen LogP contribution < -0.4 is 4.74 Å². The summed E-state index contributed by atoms with van der Waals surface area (Å²) in [5, 5.41) is 0. The lowest BCUT2D eigenvalue weighted by Gasteiger charge is -2.24. The third-order valence-electron chi connectivity index (χ3n) is 3.84. The SMILES string of the molecule is C=CCC1(Cc2ccccc2)C(=O)Oc2ccccc21. The van der Waals surface area contributed by atoms with Gasteiger partial charge in [-0.1, -0.05) is 54.6 Å². The van der Waals surface area contributed by atoms with Gasteiger partial charge in [-0.2, -0.15) is 0 Å². The summed E-state index contributed by atoms with van der Waals surface area (Å²) in [6.45, 7) is 3.81. The van der Waals surface area contributed by atoms with E-state index < -0.39 is 5.41 Å². The first-order valence-corrected chi connectivity index (χ1v) is 6.73. The first-order valence-electron chi connectivity index (χ1n) is 6.73. The Labute approximate surface area is 118 Å². The topological polar surface area (TPSA) is 26.3 Å². The lowest BCUT2D eigenvalue weighted by atomic mass is 9.74. The lowest BCUT2D eigenvalue weighted by molar-refractivity contribution is -0.138. The molecule has 1 aliphatic heterocycles. The fourth-order valence-electron chi connectivity index (χ4n) is 2.88. The van der Waals surface area contributed by atoms with Crippen molar-refractivity contribution in [3.8, 4) is 5.75 Å². The molecule has 0 spiro atoms. The fourth-order valence-corrected chi connectivity index (χ4v) is 2.88. The Kier molecular flexibility index (Phi) is 3.15. The summed E-state index contributed by atoms with van der Waals surface area (Å²) < 4.78 is 5.46. The van der Waals surface area contributed by atoms with E-state index in [4.69, 9.17) is 4.74 Å². The van der Waals surface area contributed by atoms with Gasteiger partial charge in [0.2, 0.25) is 0 Å². The number of carbonyl (C=O) groups excluding carboxylic acids is 1. The normalized spacial score (nSPS) is 20.3. The van der Waals surface area contributed by atoms with Crippen LogP contribution in [0.3, 0.4) is 0 Å². The van der Waals surface area contributed by atoms with Gasteiger partial charge in [-0.3, -0.25) is 4.79 Å². The quantitative estimate of drug-likeness (QED) is 0.478. The predicted octanol–water partition coefficient (Wildman–Crippen LogP) is 3.66. The number of hydrogen-bond acceptors (Lipinski definition) is 2. The molecule has 1 unspecified atom stereocenters. The highest BCUT2D eigenvalue weighted by Crippen LogP contribution is 2.44. The standard InChI is InChI=1S/C18H16O2/c1-2-12-18(13-14-8-4-3-5-9-14)15-10-6-7-11-16(15)20-17(18)19/h2-11H,1,12-13H2. The summed E-state index contributed by atoms with van der Waals surface area (Å²) in [5.74, 6) is 0.498. The summed E-state index contributed by atoms with van der Waals surface area (Å²) in [7, 11) is 0. The largest absolute Gasteiger partial charge is 0.426 e. The van der Waals surface area contributed by atoms with Gasteiger partial charge in [0.15, 0.2) is 0 Å². The number of hydrogen-bond donors (Lipinski definition) is 0. The van der Waals surface area contributed by atoms with Crippen LogP contribution in [0, 0.1) is 0 Å². The molecule has 0 N–H and O–H groups in total. The van der Waals surface area contributed by atoms with E-state index in [1.165, 1.54) is 0 Å².